The average Bonchev–Trinajstić information content (AvgIpc) is 2.78. The van der Waals surface area contributed by atoms with Crippen molar-refractivity contribution < 1.29 is 18.0 Å². The molecule has 1 saturated carbocycles. The predicted molar refractivity (Wildman–Crippen MR) is 119 cm³/mol. The normalized spacial score (nSPS) is 19.1. The van der Waals surface area contributed by atoms with Crippen LogP contribution < -0.4 is 10.6 Å². The molecule has 2 fully saturated rings. The zero-order chi connectivity index (χ0) is 22.3. The number of hydrogen-bond acceptors (Lipinski definition) is 5. The maximum atomic E-state index is 12.8. The number of carbonyl (C=O) groups is 2. The topological polar surface area (TPSA) is 98.8 Å². The van der Waals surface area contributed by atoms with Crippen LogP contribution in [0.4, 0.5) is 0 Å². The van der Waals surface area contributed by atoms with E-state index in [2.05, 4.69) is 10.6 Å². The first kappa shape index (κ1) is 23.7. The fraction of sp³-hybridized carbons (Fsp3) is 0.636. The maximum absolute atomic E-state index is 12.8. The highest BCUT2D eigenvalue weighted by molar-refractivity contribution is 7.89. The van der Waals surface area contributed by atoms with E-state index in [1.165, 1.54) is 10.7 Å². The lowest BCUT2D eigenvalue weighted by atomic mass is 9.89. The number of piperazine rings is 1. The Morgan fingerprint density at radius 1 is 0.935 bits per heavy atom. The molecule has 172 valence electrons. The molecule has 1 heterocycles. The zero-order valence-corrected chi connectivity index (χ0v) is 19.1. The van der Waals surface area contributed by atoms with E-state index in [-0.39, 0.29) is 24.3 Å². The Bertz CT molecular complexity index is 843. The zero-order valence-electron chi connectivity index (χ0n) is 18.3. The highest BCUT2D eigenvalue weighted by atomic mass is 32.2. The summed E-state index contributed by atoms with van der Waals surface area (Å²) < 4.78 is 27.0. The van der Waals surface area contributed by atoms with Gasteiger partial charge in [0, 0.05) is 45.2 Å². The van der Waals surface area contributed by atoms with Crippen LogP contribution in [-0.4, -0.2) is 75.3 Å². The average molecular weight is 451 g/mol. The van der Waals surface area contributed by atoms with Gasteiger partial charge >= 0.3 is 0 Å². The number of hydrogen-bond donors (Lipinski definition) is 2. The third-order valence-electron chi connectivity index (χ3n) is 6.08. The molecule has 3 rings (SSSR count). The van der Waals surface area contributed by atoms with Gasteiger partial charge in [-0.05, 0) is 31.9 Å². The maximum Gasteiger partial charge on any atom is 0.243 e. The van der Waals surface area contributed by atoms with Crippen LogP contribution in [0.2, 0.25) is 0 Å². The van der Waals surface area contributed by atoms with Crippen LogP contribution in [0.15, 0.2) is 29.2 Å². The number of carbonyl (C=O) groups excluding carboxylic acids is 2. The number of nitrogens with zero attached hydrogens (tertiary/aromatic N) is 2. The van der Waals surface area contributed by atoms with Gasteiger partial charge in [0.05, 0.1) is 11.4 Å². The van der Waals surface area contributed by atoms with E-state index in [1.54, 1.807) is 24.3 Å². The van der Waals surface area contributed by atoms with E-state index >= 15 is 0 Å². The molecular weight excluding hydrogens is 416 g/mol. The monoisotopic (exact) mass is 450 g/mol. The summed E-state index contributed by atoms with van der Waals surface area (Å²) in [4.78, 5) is 26.6. The minimum Gasteiger partial charge on any atom is -0.354 e. The van der Waals surface area contributed by atoms with Crippen LogP contribution >= 0.6 is 0 Å². The molecule has 8 nitrogen and oxygen atoms in total. The minimum atomic E-state index is -3.50. The van der Waals surface area contributed by atoms with E-state index < -0.39 is 10.0 Å². The van der Waals surface area contributed by atoms with Gasteiger partial charge in [-0.2, -0.15) is 4.31 Å². The summed E-state index contributed by atoms with van der Waals surface area (Å²) in [6.45, 7) is 4.73. The summed E-state index contributed by atoms with van der Waals surface area (Å²) in [7, 11) is -3.50. The Labute approximate surface area is 185 Å². The first-order valence-corrected chi connectivity index (χ1v) is 12.6. The summed E-state index contributed by atoms with van der Waals surface area (Å²) in [6, 6.07) is 6.87. The van der Waals surface area contributed by atoms with Crippen LogP contribution in [-0.2, 0) is 19.6 Å². The highest BCUT2D eigenvalue weighted by Gasteiger charge is 2.29. The number of sulfonamides is 1. The molecule has 0 unspecified atom stereocenters. The molecule has 0 bridgehead atoms. The molecule has 0 radical (unpaired) electrons. The third kappa shape index (κ3) is 6.75. The smallest absolute Gasteiger partial charge is 0.243 e. The summed E-state index contributed by atoms with van der Waals surface area (Å²) in [5.74, 6) is 0.110. The van der Waals surface area contributed by atoms with Crippen molar-refractivity contribution in [2.24, 2.45) is 5.92 Å². The summed E-state index contributed by atoms with van der Waals surface area (Å²) in [5, 5.41) is 5.75. The second-order valence-corrected chi connectivity index (χ2v) is 10.4. The van der Waals surface area contributed by atoms with Gasteiger partial charge in [0.1, 0.15) is 0 Å². The number of amides is 2. The van der Waals surface area contributed by atoms with Crippen molar-refractivity contribution in [3.63, 3.8) is 0 Å². The molecule has 1 aliphatic heterocycles. The van der Waals surface area contributed by atoms with E-state index in [9.17, 15) is 18.0 Å². The fourth-order valence-corrected chi connectivity index (χ4v) is 5.57. The first-order chi connectivity index (χ1) is 14.9. The largest absolute Gasteiger partial charge is 0.354 e. The Morgan fingerprint density at radius 2 is 1.55 bits per heavy atom. The number of aryl methyl sites for hydroxylation is 1. The Balaban J connectivity index is 1.34. The van der Waals surface area contributed by atoms with Crippen LogP contribution in [0.5, 0.6) is 0 Å². The Morgan fingerprint density at radius 3 is 2.19 bits per heavy atom. The summed E-state index contributed by atoms with van der Waals surface area (Å²) in [5.41, 5.74) is 1.02. The van der Waals surface area contributed by atoms with Gasteiger partial charge in [-0.3, -0.25) is 14.5 Å². The number of nitrogens with one attached hydrogen (secondary N) is 2. The molecule has 0 atom stereocenters. The molecular formula is C22H34N4O4S. The van der Waals surface area contributed by atoms with Crippen LogP contribution in [0.1, 0.15) is 37.7 Å². The molecule has 2 amide bonds. The quantitative estimate of drug-likeness (QED) is 0.578. The number of benzene rings is 1. The van der Waals surface area contributed by atoms with Crippen molar-refractivity contribution in [1.82, 2.24) is 19.8 Å². The second-order valence-electron chi connectivity index (χ2n) is 8.47. The molecule has 2 N–H and O–H groups in total. The molecule has 31 heavy (non-hydrogen) atoms. The second kappa shape index (κ2) is 11.1. The van der Waals surface area contributed by atoms with Crippen LogP contribution in [0.3, 0.4) is 0 Å². The van der Waals surface area contributed by atoms with Gasteiger partial charge < -0.3 is 10.6 Å². The first-order valence-electron chi connectivity index (χ1n) is 11.2. The molecule has 2 aliphatic rings. The lowest BCUT2D eigenvalue weighted by molar-refractivity contribution is -0.126. The van der Waals surface area contributed by atoms with Crippen molar-refractivity contribution in [2.45, 2.75) is 43.9 Å². The van der Waals surface area contributed by atoms with Crippen LogP contribution in [0, 0.1) is 12.8 Å². The third-order valence-corrected chi connectivity index (χ3v) is 7.99. The molecule has 0 spiro atoms. The fourth-order valence-electron chi connectivity index (χ4n) is 4.14. The number of rotatable bonds is 8. The Hall–Kier alpha value is -1.97. The van der Waals surface area contributed by atoms with E-state index in [1.807, 2.05) is 11.8 Å². The summed E-state index contributed by atoms with van der Waals surface area (Å²) in [6.07, 6.45) is 5.38. The van der Waals surface area contributed by atoms with Gasteiger partial charge in [0.15, 0.2) is 0 Å². The molecule has 9 heteroatoms. The molecule has 1 aliphatic carbocycles. The van der Waals surface area contributed by atoms with Gasteiger partial charge in [-0.15, -0.1) is 0 Å². The van der Waals surface area contributed by atoms with Gasteiger partial charge in [0.25, 0.3) is 0 Å². The van der Waals surface area contributed by atoms with Crippen molar-refractivity contribution in [1.29, 1.82) is 0 Å². The van der Waals surface area contributed by atoms with E-state index in [0.717, 1.165) is 31.2 Å². The molecule has 1 saturated heterocycles. The molecule has 0 aromatic heterocycles. The lowest BCUT2D eigenvalue weighted by Crippen LogP contribution is -2.51. The minimum absolute atomic E-state index is 0.0971. The van der Waals surface area contributed by atoms with Gasteiger partial charge in [-0.25, -0.2) is 8.42 Å². The lowest BCUT2D eigenvalue weighted by Gasteiger charge is -2.33. The van der Waals surface area contributed by atoms with Crippen molar-refractivity contribution in [2.75, 3.05) is 45.8 Å². The van der Waals surface area contributed by atoms with Crippen molar-refractivity contribution in [3.05, 3.63) is 29.8 Å². The van der Waals surface area contributed by atoms with Crippen LogP contribution in [0.25, 0.3) is 0 Å². The highest BCUT2D eigenvalue weighted by Crippen LogP contribution is 2.23. The predicted octanol–water partition coefficient (Wildman–Crippen LogP) is 1.11. The Kier molecular flexibility index (Phi) is 8.45. The van der Waals surface area contributed by atoms with E-state index in [0.29, 0.717) is 44.2 Å². The molecule has 1 aromatic carbocycles. The molecule has 1 aromatic rings. The van der Waals surface area contributed by atoms with E-state index in [4.69, 9.17) is 0 Å². The van der Waals surface area contributed by atoms with Crippen molar-refractivity contribution >= 4 is 21.8 Å². The van der Waals surface area contributed by atoms with Crippen molar-refractivity contribution in [3.8, 4) is 0 Å². The SMILES string of the molecule is Cc1ccc(S(=O)(=O)N2CCN(CC(=O)NCCNC(=O)C3CCCCC3)CC2)cc1. The van der Waals surface area contributed by atoms with Gasteiger partial charge in [0.2, 0.25) is 21.8 Å². The summed E-state index contributed by atoms with van der Waals surface area (Å²) >= 11 is 0. The van der Waals surface area contributed by atoms with Gasteiger partial charge in [-0.1, -0.05) is 37.0 Å². The standard InChI is InChI=1S/C22H34N4O4S/c1-18-7-9-20(10-8-18)31(29,30)26-15-13-25(14-16-26)17-21(27)23-11-12-24-22(28)19-5-3-2-4-6-19/h7-10,19H,2-6,11-17H2,1H3,(H,23,27)(H,24,28).